The topological polar surface area (TPSA) is 37.3 Å². The molecular formula is C15H16O2. The molecule has 0 heterocycles. The Bertz CT molecular complexity index is 456. The van der Waals surface area contributed by atoms with Crippen molar-refractivity contribution in [1.82, 2.24) is 0 Å². The predicted octanol–water partition coefficient (Wildman–Crippen LogP) is 2.21. The van der Waals surface area contributed by atoms with Crippen LogP contribution in [0.15, 0.2) is 24.3 Å². The highest BCUT2D eigenvalue weighted by atomic mass is 16.3. The van der Waals surface area contributed by atoms with Gasteiger partial charge in [0.15, 0.2) is 5.78 Å². The van der Waals surface area contributed by atoms with E-state index in [0.717, 1.165) is 17.5 Å². The van der Waals surface area contributed by atoms with Crippen molar-refractivity contribution in [2.24, 2.45) is 5.92 Å². The van der Waals surface area contributed by atoms with Gasteiger partial charge in [0.2, 0.25) is 0 Å². The molecule has 2 heteroatoms. The molecule has 1 N–H and O–H groups in total. The largest absolute Gasteiger partial charge is 0.392 e. The van der Waals surface area contributed by atoms with Gasteiger partial charge in [-0.3, -0.25) is 4.79 Å². The van der Waals surface area contributed by atoms with Crippen LogP contribution in [0.25, 0.3) is 0 Å². The first kappa shape index (κ1) is 11.9. The van der Waals surface area contributed by atoms with Crippen LogP contribution in [0.2, 0.25) is 0 Å². The molecule has 0 radical (unpaired) electrons. The molecule has 0 spiro atoms. The maximum absolute atomic E-state index is 12.1. The fraction of sp³-hybridized carbons (Fsp3) is 0.400. The van der Waals surface area contributed by atoms with Crippen LogP contribution in [0.3, 0.4) is 0 Å². The maximum atomic E-state index is 12.1. The summed E-state index contributed by atoms with van der Waals surface area (Å²) in [5.41, 5.74) is 1.83. The lowest BCUT2D eigenvalue weighted by atomic mass is 9.94. The number of rotatable bonds is 4. The molecule has 1 aliphatic carbocycles. The highest BCUT2D eigenvalue weighted by Crippen LogP contribution is 2.30. The lowest BCUT2D eigenvalue weighted by molar-refractivity contribution is 0.0680. The molecule has 2 atom stereocenters. The van der Waals surface area contributed by atoms with E-state index < -0.39 is 6.10 Å². The van der Waals surface area contributed by atoms with Gasteiger partial charge in [0.05, 0.1) is 12.0 Å². The minimum Gasteiger partial charge on any atom is -0.392 e. The molecule has 17 heavy (non-hydrogen) atoms. The number of benzene rings is 1. The van der Waals surface area contributed by atoms with Crippen LogP contribution in [-0.2, 0) is 6.42 Å². The molecule has 2 unspecified atom stereocenters. The number of unbranched alkanes of at least 4 members (excludes halogenated alkanes) is 1. The van der Waals surface area contributed by atoms with Gasteiger partial charge in [0, 0.05) is 12.0 Å². The number of hydrogen-bond acceptors (Lipinski definition) is 2. The molecule has 0 saturated carbocycles. The summed E-state index contributed by atoms with van der Waals surface area (Å²) < 4.78 is 0. The quantitative estimate of drug-likeness (QED) is 0.633. The van der Waals surface area contributed by atoms with Crippen molar-refractivity contribution < 1.29 is 9.90 Å². The van der Waals surface area contributed by atoms with Crippen molar-refractivity contribution in [2.45, 2.75) is 31.8 Å². The summed E-state index contributed by atoms with van der Waals surface area (Å²) in [5.74, 6) is 2.35. The third-order valence-corrected chi connectivity index (χ3v) is 3.34. The Balaban J connectivity index is 2.02. The zero-order valence-electron chi connectivity index (χ0n) is 9.73. The first-order chi connectivity index (χ1) is 8.24. The summed E-state index contributed by atoms with van der Waals surface area (Å²) in [4.78, 5) is 12.1. The van der Waals surface area contributed by atoms with E-state index in [4.69, 9.17) is 6.42 Å². The molecule has 0 amide bonds. The maximum Gasteiger partial charge on any atom is 0.169 e. The molecule has 2 rings (SSSR count). The number of terminal acetylenes is 1. The third kappa shape index (κ3) is 2.40. The van der Waals surface area contributed by atoms with E-state index in [0.29, 0.717) is 19.3 Å². The molecule has 2 nitrogen and oxygen atoms in total. The van der Waals surface area contributed by atoms with Gasteiger partial charge >= 0.3 is 0 Å². The van der Waals surface area contributed by atoms with Crippen LogP contribution in [0.5, 0.6) is 0 Å². The van der Waals surface area contributed by atoms with Crippen molar-refractivity contribution in [3.8, 4) is 12.3 Å². The predicted molar refractivity (Wildman–Crippen MR) is 66.7 cm³/mol. The minimum absolute atomic E-state index is 0.0776. The number of Topliss-reactive ketones (excluding diaryl/α,β-unsaturated/α-hetero) is 1. The number of fused-ring (bicyclic) bond motifs is 1. The number of aliphatic hydroxyl groups is 1. The van der Waals surface area contributed by atoms with Crippen LogP contribution >= 0.6 is 0 Å². The van der Waals surface area contributed by atoms with Gasteiger partial charge in [0.1, 0.15) is 0 Å². The van der Waals surface area contributed by atoms with Crippen LogP contribution < -0.4 is 0 Å². The minimum atomic E-state index is -0.566. The van der Waals surface area contributed by atoms with E-state index in [1.807, 2.05) is 24.3 Å². The Morgan fingerprint density at radius 3 is 2.94 bits per heavy atom. The highest BCUT2D eigenvalue weighted by Gasteiger charge is 2.34. The van der Waals surface area contributed by atoms with Crippen molar-refractivity contribution in [1.29, 1.82) is 0 Å². The summed E-state index contributed by atoms with van der Waals surface area (Å²) in [5, 5.41) is 10.0. The Labute approximate surface area is 102 Å². The summed E-state index contributed by atoms with van der Waals surface area (Å²) >= 11 is 0. The number of hydrogen-bond donors (Lipinski definition) is 1. The fourth-order valence-corrected chi connectivity index (χ4v) is 2.39. The van der Waals surface area contributed by atoms with Gasteiger partial charge < -0.3 is 5.11 Å². The smallest absolute Gasteiger partial charge is 0.169 e. The van der Waals surface area contributed by atoms with Crippen molar-refractivity contribution in [3.63, 3.8) is 0 Å². The van der Waals surface area contributed by atoms with E-state index >= 15 is 0 Å². The van der Waals surface area contributed by atoms with Gasteiger partial charge in [-0.1, -0.05) is 24.3 Å². The van der Waals surface area contributed by atoms with E-state index in [9.17, 15) is 9.90 Å². The SMILES string of the molecule is C#CCCCC(O)C1Cc2ccccc2C1=O. The first-order valence-electron chi connectivity index (χ1n) is 5.97. The Morgan fingerprint density at radius 2 is 2.24 bits per heavy atom. The standard InChI is InChI=1S/C15H16O2/c1-2-3-4-9-14(16)13-10-11-7-5-6-8-12(11)15(13)17/h1,5-8,13-14,16H,3-4,9-10H2. The second-order valence-electron chi connectivity index (χ2n) is 4.50. The summed E-state index contributed by atoms with van der Waals surface area (Å²) in [6, 6.07) is 7.59. The lowest BCUT2D eigenvalue weighted by Gasteiger charge is -2.15. The molecule has 0 aliphatic heterocycles. The van der Waals surface area contributed by atoms with Crippen LogP contribution in [0, 0.1) is 18.3 Å². The summed E-state index contributed by atoms with van der Waals surface area (Å²) in [6.07, 6.45) is 7.30. The van der Waals surface area contributed by atoms with Gasteiger partial charge in [-0.2, -0.15) is 0 Å². The first-order valence-corrected chi connectivity index (χ1v) is 5.97. The Hall–Kier alpha value is -1.59. The van der Waals surface area contributed by atoms with Gasteiger partial charge in [-0.15, -0.1) is 12.3 Å². The molecule has 1 aromatic carbocycles. The average molecular weight is 228 g/mol. The molecule has 0 aromatic heterocycles. The molecular weight excluding hydrogens is 212 g/mol. The number of carbonyl (C=O) groups is 1. The normalized spacial score (nSPS) is 19.8. The number of ketones is 1. The monoisotopic (exact) mass is 228 g/mol. The molecule has 1 aliphatic rings. The molecule has 1 aromatic rings. The average Bonchev–Trinajstić information content (AvgIpc) is 2.68. The van der Waals surface area contributed by atoms with E-state index in [-0.39, 0.29) is 11.7 Å². The highest BCUT2D eigenvalue weighted by molar-refractivity contribution is 6.02. The van der Waals surface area contributed by atoms with Gasteiger partial charge in [-0.05, 0) is 24.8 Å². The third-order valence-electron chi connectivity index (χ3n) is 3.34. The Kier molecular flexibility index (Phi) is 3.61. The van der Waals surface area contributed by atoms with Crippen molar-refractivity contribution in [3.05, 3.63) is 35.4 Å². The Morgan fingerprint density at radius 1 is 1.47 bits per heavy atom. The fourth-order valence-electron chi connectivity index (χ4n) is 2.39. The summed E-state index contributed by atoms with van der Waals surface area (Å²) in [6.45, 7) is 0. The van der Waals surface area contributed by atoms with E-state index in [1.165, 1.54) is 0 Å². The molecule has 0 bridgehead atoms. The zero-order chi connectivity index (χ0) is 12.3. The number of aliphatic hydroxyl groups excluding tert-OH is 1. The zero-order valence-corrected chi connectivity index (χ0v) is 9.73. The second-order valence-corrected chi connectivity index (χ2v) is 4.50. The summed E-state index contributed by atoms with van der Waals surface area (Å²) in [7, 11) is 0. The second kappa shape index (κ2) is 5.16. The lowest BCUT2D eigenvalue weighted by Crippen LogP contribution is -2.25. The van der Waals surface area contributed by atoms with E-state index in [2.05, 4.69) is 5.92 Å². The van der Waals surface area contributed by atoms with Gasteiger partial charge in [0.25, 0.3) is 0 Å². The molecule has 88 valence electrons. The molecule has 0 fully saturated rings. The van der Waals surface area contributed by atoms with Gasteiger partial charge in [-0.25, -0.2) is 0 Å². The number of carbonyl (C=O) groups excluding carboxylic acids is 1. The van der Waals surface area contributed by atoms with Crippen LogP contribution in [0.4, 0.5) is 0 Å². The van der Waals surface area contributed by atoms with Crippen LogP contribution in [-0.4, -0.2) is 17.0 Å². The van der Waals surface area contributed by atoms with Crippen molar-refractivity contribution in [2.75, 3.05) is 0 Å². The molecule has 0 saturated heterocycles. The van der Waals surface area contributed by atoms with E-state index in [1.54, 1.807) is 0 Å². The van der Waals surface area contributed by atoms with Crippen molar-refractivity contribution >= 4 is 5.78 Å². The van der Waals surface area contributed by atoms with Crippen LogP contribution in [0.1, 0.15) is 35.2 Å².